The van der Waals surface area contributed by atoms with Crippen molar-refractivity contribution in [1.82, 2.24) is 14.9 Å². The van der Waals surface area contributed by atoms with Crippen molar-refractivity contribution in [3.63, 3.8) is 0 Å². The molecule has 0 radical (unpaired) electrons. The van der Waals surface area contributed by atoms with E-state index in [0.717, 1.165) is 38.3 Å². The summed E-state index contributed by atoms with van der Waals surface area (Å²) in [7, 11) is 2.02. The Hall–Kier alpha value is -0.870. The second kappa shape index (κ2) is 5.72. The molecule has 0 saturated heterocycles. The second-order valence-corrected chi connectivity index (χ2v) is 3.10. The molecule has 1 aromatic heterocycles. The number of hydrogen-bond donors (Lipinski definition) is 2. The van der Waals surface area contributed by atoms with Gasteiger partial charge in [-0.05, 0) is 19.5 Å². The summed E-state index contributed by atoms with van der Waals surface area (Å²) in [4.78, 5) is 4.23. The molecule has 1 aromatic rings. The van der Waals surface area contributed by atoms with Gasteiger partial charge >= 0.3 is 0 Å². The Labute approximate surface area is 79.1 Å². The van der Waals surface area contributed by atoms with Gasteiger partial charge in [-0.15, -0.1) is 0 Å². The van der Waals surface area contributed by atoms with Crippen LogP contribution in [-0.2, 0) is 13.5 Å². The van der Waals surface area contributed by atoms with Gasteiger partial charge in [-0.3, -0.25) is 0 Å². The molecule has 0 bridgehead atoms. The van der Waals surface area contributed by atoms with Gasteiger partial charge in [0.25, 0.3) is 0 Å². The van der Waals surface area contributed by atoms with Crippen LogP contribution in [0.25, 0.3) is 0 Å². The first kappa shape index (κ1) is 10.2. The van der Waals surface area contributed by atoms with Gasteiger partial charge in [0.2, 0.25) is 0 Å². The molecule has 0 spiro atoms. The van der Waals surface area contributed by atoms with Gasteiger partial charge in [-0.25, -0.2) is 4.98 Å². The lowest BCUT2D eigenvalue weighted by Crippen LogP contribution is -2.21. The largest absolute Gasteiger partial charge is 0.338 e. The number of nitrogens with one attached hydrogen (secondary N) is 1. The zero-order valence-corrected chi connectivity index (χ0v) is 8.16. The molecule has 3 N–H and O–H groups in total. The summed E-state index contributed by atoms with van der Waals surface area (Å²) in [5, 5.41) is 3.32. The standard InChI is InChI=1S/C9H18N4/c1-13-8-7-12-9(13)3-6-11-5-2-4-10/h7-8,11H,2-6,10H2,1H3. The molecule has 0 atom stereocenters. The lowest BCUT2D eigenvalue weighted by atomic mass is 10.3. The van der Waals surface area contributed by atoms with Crippen molar-refractivity contribution in [2.45, 2.75) is 12.8 Å². The minimum absolute atomic E-state index is 0.759. The monoisotopic (exact) mass is 182 g/mol. The fourth-order valence-corrected chi connectivity index (χ4v) is 1.19. The highest BCUT2D eigenvalue weighted by Gasteiger charge is 1.96. The smallest absolute Gasteiger partial charge is 0.109 e. The Bertz CT molecular complexity index is 231. The van der Waals surface area contributed by atoms with E-state index in [9.17, 15) is 0 Å². The van der Waals surface area contributed by atoms with Crippen LogP contribution < -0.4 is 11.1 Å². The van der Waals surface area contributed by atoms with Crippen LogP contribution in [0.15, 0.2) is 12.4 Å². The topological polar surface area (TPSA) is 55.9 Å². The van der Waals surface area contributed by atoms with E-state index in [1.54, 1.807) is 0 Å². The highest BCUT2D eigenvalue weighted by molar-refractivity contribution is 4.91. The summed E-state index contributed by atoms with van der Waals surface area (Å²) in [5.41, 5.74) is 5.37. The van der Waals surface area contributed by atoms with Crippen molar-refractivity contribution in [3.05, 3.63) is 18.2 Å². The van der Waals surface area contributed by atoms with Crippen molar-refractivity contribution in [3.8, 4) is 0 Å². The van der Waals surface area contributed by atoms with Crippen LogP contribution in [0.1, 0.15) is 12.2 Å². The van der Waals surface area contributed by atoms with Crippen LogP contribution in [0.5, 0.6) is 0 Å². The molecule has 0 amide bonds. The van der Waals surface area contributed by atoms with Crippen molar-refractivity contribution >= 4 is 0 Å². The van der Waals surface area contributed by atoms with E-state index >= 15 is 0 Å². The van der Waals surface area contributed by atoms with Crippen molar-refractivity contribution < 1.29 is 0 Å². The minimum atomic E-state index is 0.759. The molecular weight excluding hydrogens is 164 g/mol. The summed E-state index contributed by atoms with van der Waals surface area (Å²) >= 11 is 0. The molecule has 0 aliphatic carbocycles. The number of imidazole rings is 1. The lowest BCUT2D eigenvalue weighted by Gasteiger charge is -2.03. The van der Waals surface area contributed by atoms with Gasteiger partial charge in [0, 0.05) is 32.4 Å². The number of nitrogens with two attached hydrogens (primary N) is 1. The molecular formula is C9H18N4. The van der Waals surface area contributed by atoms with Gasteiger partial charge < -0.3 is 15.6 Å². The van der Waals surface area contributed by atoms with E-state index in [1.165, 1.54) is 0 Å². The van der Waals surface area contributed by atoms with Crippen molar-refractivity contribution in [2.75, 3.05) is 19.6 Å². The van der Waals surface area contributed by atoms with Crippen LogP contribution in [0.3, 0.4) is 0 Å². The Balaban J connectivity index is 2.10. The van der Waals surface area contributed by atoms with E-state index in [0.29, 0.717) is 0 Å². The van der Waals surface area contributed by atoms with E-state index in [4.69, 9.17) is 5.73 Å². The number of hydrogen-bond acceptors (Lipinski definition) is 3. The maximum Gasteiger partial charge on any atom is 0.109 e. The SMILES string of the molecule is Cn1ccnc1CCNCCCN. The van der Waals surface area contributed by atoms with Crippen LogP contribution in [0.4, 0.5) is 0 Å². The number of rotatable bonds is 6. The third-order valence-electron chi connectivity index (χ3n) is 2.00. The number of nitrogens with zero attached hydrogens (tertiary/aromatic N) is 2. The molecule has 0 saturated carbocycles. The van der Waals surface area contributed by atoms with Gasteiger partial charge in [0.05, 0.1) is 0 Å². The first-order valence-corrected chi connectivity index (χ1v) is 4.71. The molecule has 0 aliphatic rings. The fraction of sp³-hybridized carbons (Fsp3) is 0.667. The van der Waals surface area contributed by atoms with Gasteiger partial charge in [-0.1, -0.05) is 0 Å². The summed E-state index contributed by atoms with van der Waals surface area (Å²) in [5.74, 6) is 1.13. The summed E-state index contributed by atoms with van der Waals surface area (Å²) in [6.45, 7) is 2.74. The Morgan fingerprint density at radius 1 is 1.54 bits per heavy atom. The van der Waals surface area contributed by atoms with E-state index < -0.39 is 0 Å². The van der Waals surface area contributed by atoms with Gasteiger partial charge in [0.1, 0.15) is 5.82 Å². The molecule has 74 valence electrons. The first-order valence-electron chi connectivity index (χ1n) is 4.71. The first-order chi connectivity index (χ1) is 6.34. The number of aromatic nitrogens is 2. The molecule has 13 heavy (non-hydrogen) atoms. The molecule has 1 heterocycles. The predicted octanol–water partition coefficient (Wildman–Crippen LogP) is -0.0990. The average Bonchev–Trinajstić information content (AvgIpc) is 2.52. The molecule has 0 fully saturated rings. The van der Waals surface area contributed by atoms with E-state index in [1.807, 2.05) is 24.0 Å². The number of aryl methyl sites for hydroxylation is 1. The highest BCUT2D eigenvalue weighted by atomic mass is 15.0. The Morgan fingerprint density at radius 2 is 2.38 bits per heavy atom. The molecule has 0 aliphatic heterocycles. The molecule has 0 unspecified atom stereocenters. The van der Waals surface area contributed by atoms with Crippen molar-refractivity contribution in [1.29, 1.82) is 0 Å². The Morgan fingerprint density at radius 3 is 3.00 bits per heavy atom. The zero-order chi connectivity index (χ0) is 9.52. The summed E-state index contributed by atoms with van der Waals surface area (Å²) < 4.78 is 2.05. The summed E-state index contributed by atoms with van der Waals surface area (Å²) in [6.07, 6.45) is 5.82. The van der Waals surface area contributed by atoms with Crippen LogP contribution in [-0.4, -0.2) is 29.2 Å². The van der Waals surface area contributed by atoms with E-state index in [2.05, 4.69) is 10.3 Å². The molecule has 0 aromatic carbocycles. The quantitative estimate of drug-likeness (QED) is 0.604. The minimum Gasteiger partial charge on any atom is -0.338 e. The normalized spacial score (nSPS) is 10.6. The third-order valence-corrected chi connectivity index (χ3v) is 2.00. The Kier molecular flexibility index (Phi) is 4.49. The average molecular weight is 182 g/mol. The molecule has 1 rings (SSSR count). The maximum absolute atomic E-state index is 5.37. The van der Waals surface area contributed by atoms with Crippen LogP contribution in [0, 0.1) is 0 Å². The second-order valence-electron chi connectivity index (χ2n) is 3.10. The predicted molar refractivity (Wildman–Crippen MR) is 53.5 cm³/mol. The highest BCUT2D eigenvalue weighted by Crippen LogP contribution is 1.93. The fourth-order valence-electron chi connectivity index (χ4n) is 1.19. The summed E-state index contributed by atoms with van der Waals surface area (Å²) in [6, 6.07) is 0. The molecule has 4 heteroatoms. The van der Waals surface area contributed by atoms with Gasteiger partial charge in [0.15, 0.2) is 0 Å². The van der Waals surface area contributed by atoms with E-state index in [-0.39, 0.29) is 0 Å². The lowest BCUT2D eigenvalue weighted by molar-refractivity contribution is 0.632. The van der Waals surface area contributed by atoms with Crippen LogP contribution in [0.2, 0.25) is 0 Å². The van der Waals surface area contributed by atoms with Crippen LogP contribution >= 0.6 is 0 Å². The maximum atomic E-state index is 5.37. The van der Waals surface area contributed by atoms with Crippen molar-refractivity contribution in [2.24, 2.45) is 12.8 Å². The third kappa shape index (κ3) is 3.57. The zero-order valence-electron chi connectivity index (χ0n) is 8.16. The van der Waals surface area contributed by atoms with Gasteiger partial charge in [-0.2, -0.15) is 0 Å². The molecule has 4 nitrogen and oxygen atoms in total.